The SMILES string of the molecule is CC(O)C(NC(=O)CO/N=C1/C=C2CCC3C4CCC(O)[C@@]4(C)CCC3[C@@]2(C)CC1)C(=O)O. The summed E-state index contributed by atoms with van der Waals surface area (Å²) in [7, 11) is 0. The van der Waals surface area contributed by atoms with Crippen molar-refractivity contribution in [1.82, 2.24) is 5.32 Å². The number of fused-ring (bicyclic) bond motifs is 5. The van der Waals surface area contributed by atoms with Crippen LogP contribution in [-0.4, -0.2) is 57.8 Å². The maximum Gasteiger partial charge on any atom is 0.328 e. The zero-order valence-electron chi connectivity index (χ0n) is 19.9. The largest absolute Gasteiger partial charge is 0.480 e. The number of aliphatic hydroxyl groups excluding tert-OH is 2. The molecule has 0 heterocycles. The lowest BCUT2D eigenvalue weighted by atomic mass is 9.47. The summed E-state index contributed by atoms with van der Waals surface area (Å²) in [4.78, 5) is 28.3. The molecule has 4 rings (SSSR count). The van der Waals surface area contributed by atoms with Gasteiger partial charge in [0.15, 0.2) is 12.6 Å². The van der Waals surface area contributed by atoms with Crippen LogP contribution >= 0.6 is 0 Å². The molecule has 8 nitrogen and oxygen atoms in total. The number of hydrogen-bond acceptors (Lipinski definition) is 6. The fraction of sp³-hybridized carbons (Fsp3) is 0.800. The van der Waals surface area contributed by atoms with Crippen molar-refractivity contribution in [2.24, 2.45) is 33.7 Å². The Labute approximate surface area is 195 Å². The van der Waals surface area contributed by atoms with Crippen LogP contribution < -0.4 is 5.32 Å². The van der Waals surface area contributed by atoms with Gasteiger partial charge in [0, 0.05) is 0 Å². The van der Waals surface area contributed by atoms with E-state index in [1.807, 2.05) is 0 Å². The zero-order valence-corrected chi connectivity index (χ0v) is 19.9. The van der Waals surface area contributed by atoms with Gasteiger partial charge in [-0.15, -0.1) is 0 Å². The minimum Gasteiger partial charge on any atom is -0.480 e. The van der Waals surface area contributed by atoms with Gasteiger partial charge >= 0.3 is 5.97 Å². The van der Waals surface area contributed by atoms with Crippen LogP contribution in [0.25, 0.3) is 0 Å². The molecule has 8 atom stereocenters. The molecule has 0 aliphatic heterocycles. The molecule has 1 amide bonds. The summed E-state index contributed by atoms with van der Waals surface area (Å²) in [6.45, 7) is 5.62. The smallest absolute Gasteiger partial charge is 0.328 e. The van der Waals surface area contributed by atoms with Gasteiger partial charge in [-0.05, 0) is 93.0 Å². The van der Waals surface area contributed by atoms with Gasteiger partial charge in [-0.25, -0.2) is 4.79 Å². The predicted molar refractivity (Wildman–Crippen MR) is 122 cm³/mol. The van der Waals surface area contributed by atoms with E-state index in [1.165, 1.54) is 18.9 Å². The van der Waals surface area contributed by atoms with Gasteiger partial charge < -0.3 is 25.5 Å². The number of nitrogens with zero attached hydrogens (tertiary/aromatic N) is 1. The number of carboxylic acids is 1. The second kappa shape index (κ2) is 9.02. The molecular weight excluding hydrogens is 424 g/mol. The second-order valence-corrected chi connectivity index (χ2v) is 11.1. The second-order valence-electron chi connectivity index (χ2n) is 11.1. The molecule has 3 saturated carbocycles. The van der Waals surface area contributed by atoms with Gasteiger partial charge in [-0.1, -0.05) is 24.6 Å². The molecule has 3 fully saturated rings. The standard InChI is InChI=1S/C25H38N2O6/c1-14(28)22(23(31)32)26-21(30)13-33-27-16-8-10-24(2)15(12-16)4-5-17-18-6-7-20(29)25(18,3)11-9-19(17)24/h12,14,17-20,22,28-29H,4-11,13H2,1-3H3,(H,26,30)(H,31,32)/b27-16+/t14?,17?,18?,19?,20?,22?,24-,25-/m0/s1. The van der Waals surface area contributed by atoms with Crippen molar-refractivity contribution in [3.8, 4) is 0 Å². The van der Waals surface area contributed by atoms with Crippen LogP contribution in [0, 0.1) is 28.6 Å². The maximum absolute atomic E-state index is 12.0. The Morgan fingerprint density at radius 2 is 1.94 bits per heavy atom. The number of aliphatic carboxylic acids is 1. The first-order valence-electron chi connectivity index (χ1n) is 12.3. The molecule has 4 aliphatic rings. The molecule has 184 valence electrons. The van der Waals surface area contributed by atoms with E-state index >= 15 is 0 Å². The number of aliphatic hydroxyl groups is 2. The van der Waals surface area contributed by atoms with Crippen LogP contribution in [0.2, 0.25) is 0 Å². The van der Waals surface area contributed by atoms with Crippen molar-refractivity contribution in [3.05, 3.63) is 11.6 Å². The van der Waals surface area contributed by atoms with Crippen molar-refractivity contribution in [2.45, 2.75) is 90.4 Å². The van der Waals surface area contributed by atoms with E-state index in [9.17, 15) is 19.8 Å². The molecular formula is C25H38N2O6. The number of carboxylic acid groups (broad SMARTS) is 1. The molecule has 4 aliphatic carbocycles. The van der Waals surface area contributed by atoms with Crippen molar-refractivity contribution < 1.29 is 29.7 Å². The van der Waals surface area contributed by atoms with Gasteiger partial charge in [0.05, 0.1) is 17.9 Å². The first-order chi connectivity index (χ1) is 15.6. The monoisotopic (exact) mass is 462 g/mol. The minimum atomic E-state index is -1.38. The molecule has 0 saturated heterocycles. The fourth-order valence-electron chi connectivity index (χ4n) is 7.39. The highest BCUT2D eigenvalue weighted by atomic mass is 16.6. The molecule has 0 aromatic heterocycles. The molecule has 0 bridgehead atoms. The summed E-state index contributed by atoms with van der Waals surface area (Å²) in [6, 6.07) is -1.38. The molecule has 0 spiro atoms. The van der Waals surface area contributed by atoms with Crippen LogP contribution in [0.1, 0.15) is 72.1 Å². The average molecular weight is 463 g/mol. The molecule has 6 unspecified atom stereocenters. The quantitative estimate of drug-likeness (QED) is 0.449. The molecule has 33 heavy (non-hydrogen) atoms. The molecule has 8 heteroatoms. The van der Waals surface area contributed by atoms with Crippen LogP contribution in [-0.2, 0) is 14.4 Å². The lowest BCUT2D eigenvalue weighted by Gasteiger charge is -2.57. The van der Waals surface area contributed by atoms with Crippen LogP contribution in [0.4, 0.5) is 0 Å². The third kappa shape index (κ3) is 4.32. The third-order valence-electron chi connectivity index (χ3n) is 9.37. The third-order valence-corrected chi connectivity index (χ3v) is 9.37. The highest BCUT2D eigenvalue weighted by Crippen LogP contribution is 2.65. The molecule has 4 N–H and O–H groups in total. The van der Waals surface area contributed by atoms with Crippen molar-refractivity contribution >= 4 is 17.6 Å². The topological polar surface area (TPSA) is 128 Å². The molecule has 0 radical (unpaired) electrons. The number of nitrogens with one attached hydrogen (secondary N) is 1. The average Bonchev–Trinajstić information content (AvgIpc) is 3.06. The Kier molecular flexibility index (Phi) is 6.62. The summed E-state index contributed by atoms with van der Waals surface area (Å²) >= 11 is 0. The summed E-state index contributed by atoms with van der Waals surface area (Å²) in [5, 5.41) is 35.5. The van der Waals surface area contributed by atoms with Crippen molar-refractivity contribution in [3.63, 3.8) is 0 Å². The lowest BCUT2D eigenvalue weighted by molar-refractivity contribution is -0.145. The normalized spacial score (nSPS) is 40.6. The number of oxime groups is 1. The Balaban J connectivity index is 1.39. The van der Waals surface area contributed by atoms with E-state index in [0.717, 1.165) is 50.7 Å². The molecule has 0 aromatic carbocycles. The van der Waals surface area contributed by atoms with E-state index in [1.54, 1.807) is 0 Å². The van der Waals surface area contributed by atoms with E-state index in [-0.39, 0.29) is 16.9 Å². The first kappa shape index (κ1) is 24.2. The number of hydrogen-bond donors (Lipinski definition) is 4. The number of amides is 1. The van der Waals surface area contributed by atoms with Gasteiger partial charge in [-0.3, -0.25) is 4.79 Å². The predicted octanol–water partition coefficient (Wildman–Crippen LogP) is 2.63. The summed E-state index contributed by atoms with van der Waals surface area (Å²) in [6.07, 6.45) is 9.11. The van der Waals surface area contributed by atoms with Gasteiger partial charge in [0.25, 0.3) is 5.91 Å². The Bertz CT molecular complexity index is 854. The van der Waals surface area contributed by atoms with Gasteiger partial charge in [0.1, 0.15) is 0 Å². The van der Waals surface area contributed by atoms with E-state index in [4.69, 9.17) is 9.94 Å². The molecule has 0 aromatic rings. The number of carbonyl (C=O) groups excluding carboxylic acids is 1. The first-order valence-corrected chi connectivity index (χ1v) is 12.3. The van der Waals surface area contributed by atoms with E-state index in [0.29, 0.717) is 17.8 Å². The summed E-state index contributed by atoms with van der Waals surface area (Å²) in [5.41, 5.74) is 2.47. The summed E-state index contributed by atoms with van der Waals surface area (Å²) < 4.78 is 0. The minimum absolute atomic E-state index is 0.0852. The van der Waals surface area contributed by atoms with Gasteiger partial charge in [-0.2, -0.15) is 0 Å². The van der Waals surface area contributed by atoms with Crippen LogP contribution in [0.15, 0.2) is 16.8 Å². The Morgan fingerprint density at radius 1 is 1.18 bits per heavy atom. The van der Waals surface area contributed by atoms with Crippen LogP contribution in [0.5, 0.6) is 0 Å². The lowest BCUT2D eigenvalue weighted by Crippen LogP contribution is -2.51. The van der Waals surface area contributed by atoms with E-state index in [2.05, 4.69) is 30.4 Å². The van der Waals surface area contributed by atoms with Crippen molar-refractivity contribution in [1.29, 1.82) is 0 Å². The maximum atomic E-state index is 12.0. The van der Waals surface area contributed by atoms with E-state index < -0.39 is 30.6 Å². The Hall–Kier alpha value is -1.93. The van der Waals surface area contributed by atoms with Gasteiger partial charge in [0.2, 0.25) is 0 Å². The number of allylic oxidation sites excluding steroid dienone is 2. The summed E-state index contributed by atoms with van der Waals surface area (Å²) in [5.74, 6) is 0.00935. The zero-order chi connectivity index (χ0) is 24.0. The number of carbonyl (C=O) groups is 2. The fourth-order valence-corrected chi connectivity index (χ4v) is 7.39. The Morgan fingerprint density at radius 3 is 2.64 bits per heavy atom. The number of rotatable bonds is 6. The highest BCUT2D eigenvalue weighted by molar-refractivity contribution is 5.96. The van der Waals surface area contributed by atoms with Crippen LogP contribution in [0.3, 0.4) is 0 Å². The highest BCUT2D eigenvalue weighted by Gasteiger charge is 2.58. The van der Waals surface area contributed by atoms with Crippen molar-refractivity contribution in [2.75, 3.05) is 6.61 Å².